The number of benzene rings is 1. The minimum absolute atomic E-state index is 0.0184. The Kier molecular flexibility index (Phi) is 3.94. The average Bonchev–Trinajstić information content (AvgIpc) is 2.63. The van der Waals surface area contributed by atoms with Crippen LogP contribution in [0.3, 0.4) is 0 Å². The van der Waals surface area contributed by atoms with Gasteiger partial charge >= 0.3 is 0 Å². The molecule has 21 heavy (non-hydrogen) atoms. The van der Waals surface area contributed by atoms with Crippen LogP contribution in [0.2, 0.25) is 5.02 Å². The number of halogens is 1. The minimum Gasteiger partial charge on any atom is -0.346 e. The lowest BCUT2D eigenvalue weighted by Crippen LogP contribution is -2.46. The van der Waals surface area contributed by atoms with E-state index in [1.807, 2.05) is 0 Å². The first kappa shape index (κ1) is 15.7. The van der Waals surface area contributed by atoms with Crippen LogP contribution in [-0.4, -0.2) is 36.3 Å². The summed E-state index contributed by atoms with van der Waals surface area (Å²) in [6.45, 7) is 1.64. The molecule has 1 aliphatic rings. The van der Waals surface area contributed by atoms with Gasteiger partial charge in [-0.15, -0.1) is 0 Å². The largest absolute Gasteiger partial charge is 0.346 e. The van der Waals surface area contributed by atoms with E-state index >= 15 is 0 Å². The van der Waals surface area contributed by atoms with Gasteiger partial charge in [0.05, 0.1) is 22.0 Å². The zero-order valence-electron chi connectivity index (χ0n) is 11.1. The molecule has 1 amide bonds. The third-order valence-corrected chi connectivity index (χ3v) is 5.55. The number of carbonyl (C=O) groups excluding carboxylic acids is 1. The fraction of sp³-hybridized carbons (Fsp3) is 0.417. The van der Waals surface area contributed by atoms with Crippen molar-refractivity contribution in [2.24, 2.45) is 0 Å². The number of hydrogen-bond acceptors (Lipinski definition) is 5. The molecule has 1 heterocycles. The predicted octanol–water partition coefficient (Wildman–Crippen LogP) is 1.56. The lowest BCUT2D eigenvalue weighted by Gasteiger charge is -2.23. The summed E-state index contributed by atoms with van der Waals surface area (Å²) in [4.78, 5) is 22.3. The van der Waals surface area contributed by atoms with Crippen LogP contribution in [0.1, 0.15) is 23.7 Å². The van der Waals surface area contributed by atoms with Crippen molar-refractivity contribution in [2.45, 2.75) is 18.9 Å². The van der Waals surface area contributed by atoms with Crippen molar-refractivity contribution in [3.8, 4) is 0 Å². The number of hydrogen-bond donors (Lipinski definition) is 1. The van der Waals surface area contributed by atoms with Gasteiger partial charge in [-0.2, -0.15) is 0 Å². The van der Waals surface area contributed by atoms with Crippen LogP contribution >= 0.6 is 11.6 Å². The molecule has 0 unspecified atom stereocenters. The predicted molar refractivity (Wildman–Crippen MR) is 77.2 cm³/mol. The van der Waals surface area contributed by atoms with Crippen LogP contribution in [0, 0.1) is 10.1 Å². The van der Waals surface area contributed by atoms with Crippen LogP contribution < -0.4 is 5.32 Å². The molecule has 1 aromatic carbocycles. The van der Waals surface area contributed by atoms with Gasteiger partial charge < -0.3 is 5.32 Å². The first-order valence-electron chi connectivity index (χ1n) is 6.09. The molecule has 1 aromatic rings. The van der Waals surface area contributed by atoms with Gasteiger partial charge in [0, 0.05) is 11.6 Å². The number of nitrogens with one attached hydrogen (secondary N) is 1. The van der Waals surface area contributed by atoms with Crippen LogP contribution in [0.5, 0.6) is 0 Å². The van der Waals surface area contributed by atoms with Gasteiger partial charge in [0.25, 0.3) is 11.6 Å². The van der Waals surface area contributed by atoms with E-state index in [1.165, 1.54) is 12.1 Å². The van der Waals surface area contributed by atoms with E-state index in [-0.39, 0.29) is 27.8 Å². The molecule has 114 valence electrons. The van der Waals surface area contributed by atoms with E-state index in [4.69, 9.17) is 11.6 Å². The molecule has 1 aliphatic heterocycles. The summed E-state index contributed by atoms with van der Waals surface area (Å²) in [6.07, 6.45) is 0.316. The molecular formula is C12H13ClN2O5S. The number of amides is 1. The minimum atomic E-state index is -3.15. The smallest absolute Gasteiger partial charge is 0.288 e. The number of carbonyl (C=O) groups is 1. The third-order valence-electron chi connectivity index (χ3n) is 3.32. The van der Waals surface area contributed by atoms with E-state index in [9.17, 15) is 23.3 Å². The normalized spacial score (nSPS) is 23.7. The van der Waals surface area contributed by atoms with Crippen LogP contribution in [0.4, 0.5) is 5.69 Å². The lowest BCUT2D eigenvalue weighted by atomic mass is 10.0. The first-order chi connectivity index (χ1) is 9.62. The highest BCUT2D eigenvalue weighted by atomic mass is 35.5. The molecule has 1 atom stereocenters. The van der Waals surface area contributed by atoms with E-state index in [0.717, 1.165) is 6.07 Å². The zero-order chi connectivity index (χ0) is 15.8. The van der Waals surface area contributed by atoms with Crippen molar-refractivity contribution in [1.29, 1.82) is 0 Å². The molecule has 1 saturated heterocycles. The molecule has 0 radical (unpaired) electrons. The summed E-state index contributed by atoms with van der Waals surface area (Å²) < 4.78 is 23.0. The highest BCUT2D eigenvalue weighted by Crippen LogP contribution is 2.27. The summed E-state index contributed by atoms with van der Waals surface area (Å²) in [5, 5.41) is 13.4. The number of nitrogens with zero attached hydrogens (tertiary/aromatic N) is 1. The number of sulfone groups is 1. The molecule has 2 rings (SSSR count). The molecule has 7 nitrogen and oxygen atoms in total. The fourth-order valence-corrected chi connectivity index (χ4v) is 4.53. The Morgan fingerprint density at radius 2 is 2.14 bits per heavy atom. The van der Waals surface area contributed by atoms with Crippen molar-refractivity contribution in [1.82, 2.24) is 5.32 Å². The molecule has 9 heteroatoms. The van der Waals surface area contributed by atoms with Crippen molar-refractivity contribution >= 4 is 33.0 Å². The maximum atomic E-state index is 12.1. The Labute approximate surface area is 126 Å². The van der Waals surface area contributed by atoms with Gasteiger partial charge in [0.1, 0.15) is 5.02 Å². The molecule has 0 saturated carbocycles. The second-order valence-corrected chi connectivity index (χ2v) is 7.87. The van der Waals surface area contributed by atoms with Crippen molar-refractivity contribution < 1.29 is 18.1 Å². The van der Waals surface area contributed by atoms with Gasteiger partial charge in [-0.05, 0) is 25.5 Å². The number of nitro groups is 1. The van der Waals surface area contributed by atoms with Crippen molar-refractivity contribution in [3.63, 3.8) is 0 Å². The molecule has 1 fully saturated rings. The molecular weight excluding hydrogens is 320 g/mol. The molecule has 1 N–H and O–H groups in total. The highest BCUT2D eigenvalue weighted by Gasteiger charge is 2.39. The van der Waals surface area contributed by atoms with Gasteiger partial charge in [0.15, 0.2) is 9.84 Å². The zero-order valence-corrected chi connectivity index (χ0v) is 12.7. The van der Waals surface area contributed by atoms with Crippen molar-refractivity contribution in [2.75, 3.05) is 11.5 Å². The topological polar surface area (TPSA) is 106 Å². The van der Waals surface area contributed by atoms with E-state index in [0.29, 0.717) is 6.42 Å². The van der Waals surface area contributed by atoms with E-state index in [2.05, 4.69) is 5.32 Å². The summed E-state index contributed by atoms with van der Waals surface area (Å²) in [5.41, 5.74) is -1.16. The highest BCUT2D eigenvalue weighted by molar-refractivity contribution is 7.91. The molecule has 0 aliphatic carbocycles. The van der Waals surface area contributed by atoms with Gasteiger partial charge in [-0.1, -0.05) is 11.6 Å². The average molecular weight is 333 g/mol. The van der Waals surface area contributed by atoms with Gasteiger partial charge in [-0.3, -0.25) is 14.9 Å². The third kappa shape index (κ3) is 3.51. The maximum absolute atomic E-state index is 12.1. The second-order valence-electron chi connectivity index (χ2n) is 5.28. The van der Waals surface area contributed by atoms with E-state index in [1.54, 1.807) is 6.92 Å². The number of rotatable bonds is 3. The lowest BCUT2D eigenvalue weighted by molar-refractivity contribution is -0.384. The number of nitro benzene ring substituents is 1. The molecule has 0 spiro atoms. The summed E-state index contributed by atoms with van der Waals surface area (Å²) in [6, 6.07) is 3.70. The summed E-state index contributed by atoms with van der Waals surface area (Å²) >= 11 is 5.68. The van der Waals surface area contributed by atoms with Gasteiger partial charge in [-0.25, -0.2) is 8.42 Å². The Morgan fingerprint density at radius 3 is 2.67 bits per heavy atom. The van der Waals surface area contributed by atoms with Crippen LogP contribution in [-0.2, 0) is 9.84 Å². The maximum Gasteiger partial charge on any atom is 0.288 e. The van der Waals surface area contributed by atoms with Gasteiger partial charge in [0.2, 0.25) is 0 Å². The van der Waals surface area contributed by atoms with E-state index < -0.39 is 26.2 Å². The SMILES string of the molecule is C[C@]1(NC(=O)c2ccc(Cl)c([N+](=O)[O-])c2)CCS(=O)(=O)C1. The van der Waals surface area contributed by atoms with Crippen molar-refractivity contribution in [3.05, 3.63) is 38.9 Å². The van der Waals surface area contributed by atoms with Crippen LogP contribution in [0.15, 0.2) is 18.2 Å². The van der Waals surface area contributed by atoms with Crippen LogP contribution in [0.25, 0.3) is 0 Å². The molecule has 0 aromatic heterocycles. The standard InChI is InChI=1S/C12H13ClN2O5S/c1-12(4-5-21(19,20)7-12)14-11(16)8-2-3-9(13)10(6-8)15(17)18/h2-3,6H,4-5,7H2,1H3,(H,14,16)/t12-/m0/s1. The first-order valence-corrected chi connectivity index (χ1v) is 8.29. The summed E-state index contributed by atoms with van der Waals surface area (Å²) in [7, 11) is -3.15. The summed E-state index contributed by atoms with van der Waals surface area (Å²) in [5.74, 6) is -0.680. The Bertz CT molecular complexity index is 718. The monoisotopic (exact) mass is 332 g/mol. The quantitative estimate of drug-likeness (QED) is 0.667. The molecule has 0 bridgehead atoms. The Balaban J connectivity index is 2.22. The fourth-order valence-electron chi connectivity index (χ4n) is 2.25. The second kappa shape index (κ2) is 5.27. The Hall–Kier alpha value is -1.67. The Morgan fingerprint density at radius 1 is 1.48 bits per heavy atom.